The van der Waals surface area contributed by atoms with E-state index in [4.69, 9.17) is 5.73 Å². The fraction of sp³-hybridized carbons (Fsp3) is 0.538. The summed E-state index contributed by atoms with van der Waals surface area (Å²) in [6, 6.07) is 6.27. The molecule has 2 aliphatic rings. The summed E-state index contributed by atoms with van der Waals surface area (Å²) in [5.41, 5.74) is 6.12. The van der Waals surface area contributed by atoms with Gasteiger partial charge in [0.25, 0.3) is 0 Å². The molecule has 3 N–H and O–H groups in total. The molecule has 2 unspecified atom stereocenters. The molecule has 0 spiro atoms. The lowest BCUT2D eigenvalue weighted by Crippen LogP contribution is -2.47. The third-order valence-electron chi connectivity index (χ3n) is 4.07. The van der Waals surface area contributed by atoms with Crippen LogP contribution in [0.2, 0.25) is 0 Å². The van der Waals surface area contributed by atoms with E-state index in [0.717, 1.165) is 12.8 Å². The number of aliphatic hydroxyl groups is 1. The number of nitrogens with zero attached hydrogens (tertiary/aromatic N) is 1. The van der Waals surface area contributed by atoms with E-state index in [1.165, 1.54) is 6.07 Å². The van der Waals surface area contributed by atoms with Gasteiger partial charge < -0.3 is 10.8 Å². The Hall–Kier alpha value is -1.11. The Kier molecular flexibility index (Phi) is 3.03. The highest BCUT2D eigenvalue weighted by atomic mass is 32.2. The molecule has 5 nitrogen and oxygen atoms in total. The van der Waals surface area contributed by atoms with Crippen LogP contribution in [0.3, 0.4) is 0 Å². The van der Waals surface area contributed by atoms with E-state index >= 15 is 0 Å². The first kappa shape index (κ1) is 12.9. The lowest BCUT2D eigenvalue weighted by atomic mass is 10.0. The molecule has 2 bridgehead atoms. The van der Waals surface area contributed by atoms with Gasteiger partial charge in [-0.1, -0.05) is 6.07 Å². The molecule has 6 heteroatoms. The van der Waals surface area contributed by atoms with Crippen LogP contribution in [-0.2, 0) is 10.0 Å². The summed E-state index contributed by atoms with van der Waals surface area (Å²) in [7, 11) is -3.50. The van der Waals surface area contributed by atoms with Gasteiger partial charge in [-0.05, 0) is 43.9 Å². The van der Waals surface area contributed by atoms with E-state index in [9.17, 15) is 13.5 Å². The van der Waals surface area contributed by atoms with Crippen molar-refractivity contribution >= 4 is 15.7 Å². The predicted molar refractivity (Wildman–Crippen MR) is 71.9 cm³/mol. The van der Waals surface area contributed by atoms with Gasteiger partial charge >= 0.3 is 0 Å². The second kappa shape index (κ2) is 4.47. The number of benzene rings is 1. The molecular weight excluding hydrogens is 264 g/mol. The number of anilines is 1. The van der Waals surface area contributed by atoms with E-state index in [2.05, 4.69) is 0 Å². The van der Waals surface area contributed by atoms with Gasteiger partial charge in [-0.15, -0.1) is 0 Å². The Balaban J connectivity index is 1.98. The molecule has 1 aromatic rings. The Morgan fingerprint density at radius 3 is 2.42 bits per heavy atom. The molecule has 2 fully saturated rings. The van der Waals surface area contributed by atoms with Crippen molar-refractivity contribution in [2.24, 2.45) is 0 Å². The van der Waals surface area contributed by atoms with Crippen molar-refractivity contribution in [3.05, 3.63) is 24.3 Å². The van der Waals surface area contributed by atoms with Crippen molar-refractivity contribution < 1.29 is 13.5 Å². The maximum absolute atomic E-state index is 12.7. The van der Waals surface area contributed by atoms with E-state index in [-0.39, 0.29) is 23.1 Å². The first-order valence-corrected chi connectivity index (χ1v) is 7.99. The van der Waals surface area contributed by atoms with Gasteiger partial charge in [-0.3, -0.25) is 0 Å². The molecule has 2 aliphatic heterocycles. The van der Waals surface area contributed by atoms with Crippen molar-refractivity contribution in [3.8, 4) is 0 Å². The molecule has 1 aromatic carbocycles. The Labute approximate surface area is 113 Å². The SMILES string of the molecule is Nc1cccc(S(=O)(=O)N2C3CCC2CC(O)C3)c1. The molecule has 0 aromatic heterocycles. The van der Waals surface area contributed by atoms with Gasteiger partial charge in [0.2, 0.25) is 10.0 Å². The summed E-state index contributed by atoms with van der Waals surface area (Å²) in [5.74, 6) is 0. The summed E-state index contributed by atoms with van der Waals surface area (Å²) < 4.78 is 27.0. The molecule has 0 radical (unpaired) electrons. The summed E-state index contributed by atoms with van der Waals surface area (Å²) in [6.45, 7) is 0. The van der Waals surface area contributed by atoms with Gasteiger partial charge in [0.05, 0.1) is 11.0 Å². The third-order valence-corrected chi connectivity index (χ3v) is 6.08. The zero-order valence-electron chi connectivity index (χ0n) is 10.6. The molecule has 3 rings (SSSR count). The van der Waals surface area contributed by atoms with Crippen LogP contribution in [0.5, 0.6) is 0 Å². The number of hydrogen-bond donors (Lipinski definition) is 2. The molecule has 2 saturated heterocycles. The number of nitrogen functional groups attached to an aromatic ring is 1. The van der Waals surface area contributed by atoms with Crippen molar-refractivity contribution in [1.82, 2.24) is 4.31 Å². The zero-order chi connectivity index (χ0) is 13.6. The van der Waals surface area contributed by atoms with Crippen LogP contribution in [0.4, 0.5) is 5.69 Å². The van der Waals surface area contributed by atoms with Crippen LogP contribution in [0.1, 0.15) is 25.7 Å². The largest absolute Gasteiger partial charge is 0.399 e. The zero-order valence-corrected chi connectivity index (χ0v) is 11.4. The van der Waals surface area contributed by atoms with Crippen LogP contribution in [0.15, 0.2) is 29.2 Å². The van der Waals surface area contributed by atoms with Crippen molar-refractivity contribution in [3.63, 3.8) is 0 Å². The van der Waals surface area contributed by atoms with Crippen LogP contribution >= 0.6 is 0 Å². The van der Waals surface area contributed by atoms with Crippen molar-refractivity contribution in [1.29, 1.82) is 0 Å². The predicted octanol–water partition coefficient (Wildman–Crippen LogP) is 0.945. The maximum atomic E-state index is 12.7. The first-order chi connectivity index (χ1) is 8.98. The molecule has 0 saturated carbocycles. The fourth-order valence-corrected chi connectivity index (χ4v) is 5.24. The minimum Gasteiger partial charge on any atom is -0.399 e. The number of sulfonamides is 1. The molecule has 104 valence electrons. The topological polar surface area (TPSA) is 83.6 Å². The maximum Gasteiger partial charge on any atom is 0.243 e. The minimum atomic E-state index is -3.50. The molecule has 19 heavy (non-hydrogen) atoms. The van der Waals surface area contributed by atoms with E-state index in [1.54, 1.807) is 22.5 Å². The van der Waals surface area contributed by atoms with Crippen LogP contribution in [0, 0.1) is 0 Å². The average Bonchev–Trinajstić information content (AvgIpc) is 2.63. The van der Waals surface area contributed by atoms with E-state index in [1.807, 2.05) is 0 Å². The van der Waals surface area contributed by atoms with Gasteiger partial charge in [0.1, 0.15) is 0 Å². The Morgan fingerprint density at radius 2 is 1.84 bits per heavy atom. The molecular formula is C13H18N2O3S. The number of rotatable bonds is 2. The quantitative estimate of drug-likeness (QED) is 0.791. The minimum absolute atomic E-state index is 0.0693. The summed E-state index contributed by atoms with van der Waals surface area (Å²) >= 11 is 0. The highest BCUT2D eigenvalue weighted by molar-refractivity contribution is 7.89. The first-order valence-electron chi connectivity index (χ1n) is 6.55. The summed E-state index contributed by atoms with van der Waals surface area (Å²) in [4.78, 5) is 0.251. The average molecular weight is 282 g/mol. The fourth-order valence-electron chi connectivity index (χ4n) is 3.29. The van der Waals surface area contributed by atoms with E-state index in [0.29, 0.717) is 18.5 Å². The molecule has 2 heterocycles. The third kappa shape index (κ3) is 2.13. The summed E-state index contributed by atoms with van der Waals surface area (Å²) in [5, 5.41) is 9.75. The van der Waals surface area contributed by atoms with Gasteiger partial charge in [0, 0.05) is 17.8 Å². The van der Waals surface area contributed by atoms with Crippen LogP contribution < -0.4 is 5.73 Å². The standard InChI is InChI=1S/C13H18N2O3S/c14-9-2-1-3-13(6-9)19(17,18)15-10-4-5-11(15)8-12(16)7-10/h1-3,6,10-12,16H,4-5,7-8,14H2. The molecule has 0 aliphatic carbocycles. The van der Waals surface area contributed by atoms with Gasteiger partial charge in [-0.2, -0.15) is 4.31 Å². The van der Waals surface area contributed by atoms with Crippen LogP contribution in [-0.4, -0.2) is 36.0 Å². The number of piperidine rings is 1. The normalized spacial score (nSPS) is 31.5. The number of hydrogen-bond acceptors (Lipinski definition) is 4. The highest BCUT2D eigenvalue weighted by Crippen LogP contribution is 2.39. The molecule has 2 atom stereocenters. The molecule has 0 amide bonds. The second-order valence-electron chi connectivity index (χ2n) is 5.42. The monoisotopic (exact) mass is 282 g/mol. The van der Waals surface area contributed by atoms with Crippen LogP contribution in [0.25, 0.3) is 0 Å². The number of nitrogens with two attached hydrogens (primary N) is 1. The van der Waals surface area contributed by atoms with Gasteiger partial charge in [0.15, 0.2) is 0 Å². The van der Waals surface area contributed by atoms with Gasteiger partial charge in [-0.25, -0.2) is 8.42 Å². The smallest absolute Gasteiger partial charge is 0.243 e. The Morgan fingerprint density at radius 1 is 1.21 bits per heavy atom. The second-order valence-corrected chi connectivity index (χ2v) is 7.26. The van der Waals surface area contributed by atoms with Crippen molar-refractivity contribution in [2.45, 2.75) is 48.8 Å². The lowest BCUT2D eigenvalue weighted by Gasteiger charge is -2.36. The van der Waals surface area contributed by atoms with E-state index < -0.39 is 10.0 Å². The summed E-state index contributed by atoms with van der Waals surface area (Å²) in [6.07, 6.45) is 2.38. The van der Waals surface area contributed by atoms with Crippen molar-refractivity contribution in [2.75, 3.05) is 5.73 Å². The number of fused-ring (bicyclic) bond motifs is 2. The Bertz CT molecular complexity index is 573. The number of aliphatic hydroxyl groups excluding tert-OH is 1. The highest BCUT2D eigenvalue weighted by Gasteiger charge is 2.46. The lowest BCUT2D eigenvalue weighted by molar-refractivity contribution is 0.0769.